The van der Waals surface area contributed by atoms with Gasteiger partial charge in [0.15, 0.2) is 0 Å². The first-order chi connectivity index (χ1) is 8.70. The first kappa shape index (κ1) is 13.8. The number of hydrogen-bond donors (Lipinski definition) is 1. The van der Waals surface area contributed by atoms with Gasteiger partial charge in [-0.15, -0.1) is 0 Å². The summed E-state index contributed by atoms with van der Waals surface area (Å²) in [6, 6.07) is 2.11. The van der Waals surface area contributed by atoms with Gasteiger partial charge < -0.3 is 15.4 Å². The van der Waals surface area contributed by atoms with Gasteiger partial charge in [-0.25, -0.2) is 4.98 Å². The molecular formula is C13H20BrN3O. The molecule has 0 aromatic carbocycles. The number of halogens is 1. The molecule has 1 aromatic heterocycles. The predicted molar refractivity (Wildman–Crippen MR) is 76.9 cm³/mol. The standard InChI is InChI=1S/C13H20BrN3O/c1-10-8-11(14)9-16-13(10)17-5-2-12(3-6-17)18-7-4-15/h8-9,12H,2-7,15H2,1H3. The van der Waals surface area contributed by atoms with Gasteiger partial charge in [-0.2, -0.15) is 0 Å². The lowest BCUT2D eigenvalue weighted by molar-refractivity contribution is 0.0421. The van der Waals surface area contributed by atoms with Crippen LogP contribution in [0.1, 0.15) is 18.4 Å². The molecule has 1 saturated heterocycles. The zero-order chi connectivity index (χ0) is 13.0. The third kappa shape index (κ3) is 3.43. The number of rotatable bonds is 4. The van der Waals surface area contributed by atoms with Gasteiger partial charge in [0.1, 0.15) is 5.82 Å². The SMILES string of the molecule is Cc1cc(Br)cnc1N1CCC(OCCN)CC1. The molecule has 0 amide bonds. The fraction of sp³-hybridized carbons (Fsp3) is 0.615. The van der Waals surface area contributed by atoms with Crippen LogP contribution in [0.3, 0.4) is 0 Å². The summed E-state index contributed by atoms with van der Waals surface area (Å²) in [6.45, 7) is 5.38. The Labute approximate surface area is 117 Å². The Morgan fingerprint density at radius 2 is 2.22 bits per heavy atom. The molecule has 5 heteroatoms. The largest absolute Gasteiger partial charge is 0.377 e. The second kappa shape index (κ2) is 6.50. The molecule has 2 N–H and O–H groups in total. The topological polar surface area (TPSA) is 51.4 Å². The molecule has 1 aliphatic heterocycles. The summed E-state index contributed by atoms with van der Waals surface area (Å²) >= 11 is 3.45. The van der Waals surface area contributed by atoms with Gasteiger partial charge >= 0.3 is 0 Å². The van der Waals surface area contributed by atoms with E-state index in [1.807, 2.05) is 6.20 Å². The number of aryl methyl sites for hydroxylation is 1. The molecule has 0 aliphatic carbocycles. The Bertz CT molecular complexity index is 392. The average Bonchev–Trinajstić information content (AvgIpc) is 2.37. The summed E-state index contributed by atoms with van der Waals surface area (Å²) in [7, 11) is 0. The van der Waals surface area contributed by atoms with E-state index in [4.69, 9.17) is 10.5 Å². The van der Waals surface area contributed by atoms with E-state index in [2.05, 4.69) is 38.8 Å². The van der Waals surface area contributed by atoms with Crippen LogP contribution in [0.25, 0.3) is 0 Å². The van der Waals surface area contributed by atoms with E-state index in [1.54, 1.807) is 0 Å². The number of hydrogen-bond acceptors (Lipinski definition) is 4. The maximum Gasteiger partial charge on any atom is 0.131 e. The van der Waals surface area contributed by atoms with Crippen molar-refractivity contribution >= 4 is 21.7 Å². The van der Waals surface area contributed by atoms with E-state index < -0.39 is 0 Å². The Morgan fingerprint density at radius 3 is 2.83 bits per heavy atom. The highest BCUT2D eigenvalue weighted by Gasteiger charge is 2.21. The number of nitrogens with two attached hydrogens (primary N) is 1. The van der Waals surface area contributed by atoms with Crippen molar-refractivity contribution in [1.82, 2.24) is 4.98 Å². The van der Waals surface area contributed by atoms with Gasteiger partial charge in [-0.05, 0) is 47.3 Å². The van der Waals surface area contributed by atoms with Crippen LogP contribution in [0.5, 0.6) is 0 Å². The monoisotopic (exact) mass is 313 g/mol. The summed E-state index contributed by atoms with van der Waals surface area (Å²) in [4.78, 5) is 6.84. The highest BCUT2D eigenvalue weighted by molar-refractivity contribution is 9.10. The minimum Gasteiger partial charge on any atom is -0.377 e. The first-order valence-electron chi connectivity index (χ1n) is 6.39. The fourth-order valence-electron chi connectivity index (χ4n) is 2.33. The normalized spacial score (nSPS) is 17.2. The van der Waals surface area contributed by atoms with Crippen LogP contribution in [0.15, 0.2) is 16.7 Å². The number of aromatic nitrogens is 1. The Hall–Kier alpha value is -0.650. The Balaban J connectivity index is 1.93. The van der Waals surface area contributed by atoms with Crippen LogP contribution in [-0.4, -0.2) is 37.3 Å². The van der Waals surface area contributed by atoms with Crippen molar-refractivity contribution < 1.29 is 4.74 Å². The fourth-order valence-corrected chi connectivity index (χ4v) is 2.78. The van der Waals surface area contributed by atoms with E-state index in [-0.39, 0.29) is 0 Å². The van der Waals surface area contributed by atoms with E-state index in [9.17, 15) is 0 Å². The highest BCUT2D eigenvalue weighted by Crippen LogP contribution is 2.24. The number of ether oxygens (including phenoxy) is 1. The van der Waals surface area contributed by atoms with Crippen molar-refractivity contribution in [3.63, 3.8) is 0 Å². The molecule has 100 valence electrons. The van der Waals surface area contributed by atoms with Gasteiger partial charge in [-0.3, -0.25) is 0 Å². The van der Waals surface area contributed by atoms with Crippen molar-refractivity contribution in [2.75, 3.05) is 31.1 Å². The lowest BCUT2D eigenvalue weighted by Gasteiger charge is -2.33. The zero-order valence-corrected chi connectivity index (χ0v) is 12.3. The number of anilines is 1. The van der Waals surface area contributed by atoms with Crippen LogP contribution >= 0.6 is 15.9 Å². The molecule has 1 aliphatic rings. The highest BCUT2D eigenvalue weighted by atomic mass is 79.9. The molecule has 18 heavy (non-hydrogen) atoms. The second-order valence-electron chi connectivity index (χ2n) is 4.64. The van der Waals surface area contributed by atoms with Gasteiger partial charge in [0.2, 0.25) is 0 Å². The Morgan fingerprint density at radius 1 is 1.50 bits per heavy atom. The lowest BCUT2D eigenvalue weighted by Crippen LogP contribution is -2.38. The quantitative estimate of drug-likeness (QED) is 0.925. The van der Waals surface area contributed by atoms with E-state index in [0.29, 0.717) is 19.3 Å². The molecule has 0 spiro atoms. The van der Waals surface area contributed by atoms with Crippen molar-refractivity contribution in [2.45, 2.75) is 25.9 Å². The smallest absolute Gasteiger partial charge is 0.131 e. The van der Waals surface area contributed by atoms with Gasteiger partial charge in [-0.1, -0.05) is 0 Å². The molecule has 0 saturated carbocycles. The summed E-state index contributed by atoms with van der Waals surface area (Å²) in [5, 5.41) is 0. The maximum atomic E-state index is 5.69. The molecule has 0 bridgehead atoms. The molecule has 1 fully saturated rings. The van der Waals surface area contributed by atoms with Crippen molar-refractivity contribution in [1.29, 1.82) is 0 Å². The van der Waals surface area contributed by atoms with Crippen LogP contribution in [0.4, 0.5) is 5.82 Å². The number of piperidine rings is 1. The van der Waals surface area contributed by atoms with Crippen molar-refractivity contribution in [3.8, 4) is 0 Å². The van der Waals surface area contributed by atoms with Gasteiger partial charge in [0.05, 0.1) is 12.7 Å². The van der Waals surface area contributed by atoms with Crippen molar-refractivity contribution in [2.24, 2.45) is 5.73 Å². The summed E-state index contributed by atoms with van der Waals surface area (Å²) in [5.74, 6) is 1.09. The maximum absolute atomic E-state index is 5.69. The Kier molecular flexibility index (Phi) is 4.97. The minimum absolute atomic E-state index is 0.362. The lowest BCUT2D eigenvalue weighted by atomic mass is 10.1. The van der Waals surface area contributed by atoms with E-state index >= 15 is 0 Å². The molecule has 0 atom stereocenters. The molecule has 2 rings (SSSR count). The van der Waals surface area contributed by atoms with Crippen LogP contribution in [0.2, 0.25) is 0 Å². The summed E-state index contributed by atoms with van der Waals surface area (Å²) in [5.41, 5.74) is 6.66. The van der Waals surface area contributed by atoms with E-state index in [0.717, 1.165) is 36.2 Å². The van der Waals surface area contributed by atoms with Crippen LogP contribution in [-0.2, 0) is 4.74 Å². The predicted octanol–water partition coefficient (Wildman–Crippen LogP) is 2.10. The molecule has 4 nitrogen and oxygen atoms in total. The van der Waals surface area contributed by atoms with Gasteiger partial charge in [0.25, 0.3) is 0 Å². The van der Waals surface area contributed by atoms with Crippen molar-refractivity contribution in [3.05, 3.63) is 22.3 Å². The molecular weight excluding hydrogens is 294 g/mol. The van der Waals surface area contributed by atoms with Crippen LogP contribution in [0, 0.1) is 6.92 Å². The molecule has 0 radical (unpaired) electrons. The minimum atomic E-state index is 0.362. The third-order valence-electron chi connectivity index (χ3n) is 3.23. The van der Waals surface area contributed by atoms with E-state index in [1.165, 1.54) is 5.56 Å². The average molecular weight is 314 g/mol. The molecule has 2 heterocycles. The van der Waals surface area contributed by atoms with Crippen LogP contribution < -0.4 is 10.6 Å². The second-order valence-corrected chi connectivity index (χ2v) is 5.56. The first-order valence-corrected chi connectivity index (χ1v) is 7.18. The summed E-state index contributed by atoms with van der Waals surface area (Å²) < 4.78 is 6.72. The number of pyridine rings is 1. The molecule has 1 aromatic rings. The molecule has 0 unspecified atom stereocenters. The van der Waals surface area contributed by atoms with Gasteiger partial charge in [0, 0.05) is 30.3 Å². The number of nitrogens with zero attached hydrogens (tertiary/aromatic N) is 2. The summed E-state index contributed by atoms with van der Waals surface area (Å²) in [6.07, 6.45) is 4.33. The zero-order valence-electron chi connectivity index (χ0n) is 10.7. The third-order valence-corrected chi connectivity index (χ3v) is 3.66.